The van der Waals surface area contributed by atoms with Crippen LogP contribution in [0.4, 0.5) is 0 Å². The molecule has 2 fully saturated rings. The molecule has 3 N–H and O–H groups in total. The van der Waals surface area contributed by atoms with Gasteiger partial charge in [0.15, 0.2) is 0 Å². The topological polar surface area (TPSA) is 63.3 Å². The molecular weight excluding hydrogens is 202 g/mol. The van der Waals surface area contributed by atoms with E-state index >= 15 is 0 Å². The molecule has 2 aliphatic rings. The normalized spacial score (nSPS) is 41.2. The number of hydrogen-bond acceptors (Lipinski definition) is 2. The molecule has 0 unspecified atom stereocenters. The number of fused-ring (bicyclic) bond motifs is 1. The highest BCUT2D eigenvalue weighted by Crippen LogP contribution is 2.47. The molecule has 3 nitrogen and oxygen atoms in total. The van der Waals surface area contributed by atoms with Crippen LogP contribution in [0.5, 0.6) is 0 Å². The lowest BCUT2D eigenvalue weighted by molar-refractivity contribution is -0.153. The van der Waals surface area contributed by atoms with E-state index < -0.39 is 5.97 Å². The van der Waals surface area contributed by atoms with Crippen LogP contribution in [0.1, 0.15) is 32.1 Å². The van der Waals surface area contributed by atoms with Crippen molar-refractivity contribution < 1.29 is 9.90 Å². The number of carboxylic acid groups (broad SMARTS) is 1. The van der Waals surface area contributed by atoms with E-state index in [0.717, 1.165) is 12.8 Å². The third-order valence-electron chi connectivity index (χ3n) is 3.78. The van der Waals surface area contributed by atoms with Crippen LogP contribution in [-0.2, 0) is 4.79 Å². The van der Waals surface area contributed by atoms with Crippen LogP contribution in [0.15, 0.2) is 0 Å². The maximum atomic E-state index is 10.9. The highest BCUT2D eigenvalue weighted by Gasteiger charge is 2.51. The zero-order valence-corrected chi connectivity index (χ0v) is 9.00. The van der Waals surface area contributed by atoms with Crippen molar-refractivity contribution in [3.63, 3.8) is 0 Å². The van der Waals surface area contributed by atoms with Crippen molar-refractivity contribution in [2.75, 3.05) is 0 Å². The Balaban J connectivity index is 0.000000980. The first-order valence-corrected chi connectivity index (χ1v) is 5.20. The van der Waals surface area contributed by atoms with Gasteiger partial charge in [-0.05, 0) is 24.7 Å². The van der Waals surface area contributed by atoms with Gasteiger partial charge in [0.1, 0.15) is 0 Å². The molecule has 0 aromatic heterocycles. The van der Waals surface area contributed by atoms with E-state index in [2.05, 4.69) is 0 Å². The standard InChI is InChI=1S/C10H17NO2.ClH/c11-9-7-5-3-1-2-4-6(7)8(9)10(12)13;/h6-9H,1-5,11H2,(H,12,13);1H/t6-,7+,8-,9+;/m1./s1. The van der Waals surface area contributed by atoms with Gasteiger partial charge in [-0.3, -0.25) is 4.79 Å². The summed E-state index contributed by atoms with van der Waals surface area (Å²) in [5.74, 6) is -0.0441. The van der Waals surface area contributed by atoms with Gasteiger partial charge in [-0.15, -0.1) is 12.4 Å². The fourth-order valence-electron chi connectivity index (χ4n) is 3.04. The van der Waals surface area contributed by atoms with E-state index in [-0.39, 0.29) is 24.4 Å². The van der Waals surface area contributed by atoms with Gasteiger partial charge in [0.05, 0.1) is 5.92 Å². The number of halogens is 1. The molecule has 0 aromatic rings. The summed E-state index contributed by atoms with van der Waals surface area (Å²) in [5.41, 5.74) is 5.87. The van der Waals surface area contributed by atoms with Crippen LogP contribution in [0.25, 0.3) is 0 Å². The molecule has 4 heteroatoms. The number of rotatable bonds is 1. The predicted molar refractivity (Wildman–Crippen MR) is 56.4 cm³/mol. The van der Waals surface area contributed by atoms with Crippen molar-refractivity contribution in [1.29, 1.82) is 0 Å². The molecule has 0 aliphatic heterocycles. The number of nitrogens with two attached hydrogens (primary N) is 1. The molecule has 0 bridgehead atoms. The second kappa shape index (κ2) is 4.49. The Morgan fingerprint density at radius 2 is 1.71 bits per heavy atom. The third-order valence-corrected chi connectivity index (χ3v) is 3.78. The van der Waals surface area contributed by atoms with Crippen LogP contribution in [-0.4, -0.2) is 17.1 Å². The molecule has 14 heavy (non-hydrogen) atoms. The summed E-state index contributed by atoms with van der Waals surface area (Å²) < 4.78 is 0. The number of hydrogen-bond donors (Lipinski definition) is 2. The first kappa shape index (κ1) is 11.8. The van der Waals surface area contributed by atoms with Crippen molar-refractivity contribution in [2.24, 2.45) is 23.5 Å². The Morgan fingerprint density at radius 1 is 1.14 bits per heavy atom. The van der Waals surface area contributed by atoms with Crippen LogP contribution in [0, 0.1) is 17.8 Å². The highest BCUT2D eigenvalue weighted by atomic mass is 35.5. The second-order valence-corrected chi connectivity index (χ2v) is 4.41. The maximum Gasteiger partial charge on any atom is 0.308 e. The molecular formula is C10H18ClNO2. The van der Waals surface area contributed by atoms with Gasteiger partial charge in [0.25, 0.3) is 0 Å². The summed E-state index contributed by atoms with van der Waals surface area (Å²) in [4.78, 5) is 10.9. The van der Waals surface area contributed by atoms with Gasteiger partial charge < -0.3 is 10.8 Å². The average Bonchev–Trinajstić information content (AvgIpc) is 2.26. The minimum Gasteiger partial charge on any atom is -0.481 e. The largest absolute Gasteiger partial charge is 0.481 e. The number of carbonyl (C=O) groups is 1. The first-order chi connectivity index (χ1) is 6.22. The Morgan fingerprint density at radius 3 is 2.29 bits per heavy atom. The van der Waals surface area contributed by atoms with E-state index in [1.54, 1.807) is 0 Å². The SMILES string of the molecule is Cl.N[C@H]1[C@H]2CCCCC[C@H]2[C@H]1C(=O)O. The fourth-order valence-corrected chi connectivity index (χ4v) is 3.04. The third kappa shape index (κ3) is 1.75. The monoisotopic (exact) mass is 219 g/mol. The zero-order valence-electron chi connectivity index (χ0n) is 8.19. The minimum absolute atomic E-state index is 0. The Kier molecular flexibility index (Phi) is 3.78. The van der Waals surface area contributed by atoms with Crippen LogP contribution in [0.2, 0.25) is 0 Å². The molecule has 0 saturated heterocycles. The average molecular weight is 220 g/mol. The minimum atomic E-state index is -0.685. The predicted octanol–water partition coefficient (Wildman–Crippen LogP) is 1.65. The fraction of sp³-hybridized carbons (Fsp3) is 0.900. The van der Waals surface area contributed by atoms with Gasteiger partial charge in [0, 0.05) is 6.04 Å². The molecule has 0 aromatic carbocycles. The Bertz CT molecular complexity index is 222. The molecule has 2 aliphatic carbocycles. The maximum absolute atomic E-state index is 10.9. The summed E-state index contributed by atoms with van der Waals surface area (Å²) in [6.45, 7) is 0. The van der Waals surface area contributed by atoms with Gasteiger partial charge in [-0.25, -0.2) is 0 Å². The smallest absolute Gasteiger partial charge is 0.308 e. The van der Waals surface area contributed by atoms with E-state index in [1.807, 2.05) is 0 Å². The van der Waals surface area contributed by atoms with E-state index in [0.29, 0.717) is 11.8 Å². The van der Waals surface area contributed by atoms with E-state index in [9.17, 15) is 4.79 Å². The Labute approximate surface area is 90.5 Å². The van der Waals surface area contributed by atoms with Crippen molar-refractivity contribution in [3.8, 4) is 0 Å². The van der Waals surface area contributed by atoms with Gasteiger partial charge in [-0.1, -0.05) is 19.3 Å². The summed E-state index contributed by atoms with van der Waals surface area (Å²) in [6, 6.07) is -0.0689. The summed E-state index contributed by atoms with van der Waals surface area (Å²) in [7, 11) is 0. The van der Waals surface area contributed by atoms with Gasteiger partial charge in [-0.2, -0.15) is 0 Å². The summed E-state index contributed by atoms with van der Waals surface area (Å²) >= 11 is 0. The van der Waals surface area contributed by atoms with Crippen molar-refractivity contribution >= 4 is 18.4 Å². The molecule has 4 atom stereocenters. The highest BCUT2D eigenvalue weighted by molar-refractivity contribution is 5.85. The van der Waals surface area contributed by atoms with Gasteiger partial charge >= 0.3 is 5.97 Å². The quantitative estimate of drug-likeness (QED) is 0.705. The lowest BCUT2D eigenvalue weighted by atomic mass is 9.59. The molecule has 2 saturated carbocycles. The number of aliphatic carboxylic acids is 1. The van der Waals surface area contributed by atoms with Crippen molar-refractivity contribution in [2.45, 2.75) is 38.1 Å². The lowest BCUT2D eigenvalue weighted by Gasteiger charge is -2.47. The molecule has 82 valence electrons. The molecule has 0 spiro atoms. The zero-order chi connectivity index (χ0) is 9.42. The van der Waals surface area contributed by atoms with E-state index in [4.69, 9.17) is 10.8 Å². The van der Waals surface area contributed by atoms with Crippen LogP contribution in [0.3, 0.4) is 0 Å². The van der Waals surface area contributed by atoms with Gasteiger partial charge in [0.2, 0.25) is 0 Å². The lowest BCUT2D eigenvalue weighted by Crippen LogP contribution is -2.59. The summed E-state index contributed by atoms with van der Waals surface area (Å²) in [6.07, 6.45) is 5.91. The number of carboxylic acids is 1. The second-order valence-electron chi connectivity index (χ2n) is 4.41. The summed E-state index contributed by atoms with van der Waals surface area (Å²) in [5, 5.41) is 8.95. The van der Waals surface area contributed by atoms with Crippen molar-refractivity contribution in [3.05, 3.63) is 0 Å². The molecule has 0 amide bonds. The van der Waals surface area contributed by atoms with Crippen LogP contribution < -0.4 is 5.73 Å². The molecule has 0 heterocycles. The first-order valence-electron chi connectivity index (χ1n) is 5.20. The Hall–Kier alpha value is -0.280. The van der Waals surface area contributed by atoms with Crippen molar-refractivity contribution in [1.82, 2.24) is 0 Å². The van der Waals surface area contributed by atoms with Crippen LogP contribution >= 0.6 is 12.4 Å². The van der Waals surface area contributed by atoms with E-state index in [1.165, 1.54) is 19.3 Å². The molecule has 2 rings (SSSR count). The molecule has 0 radical (unpaired) electrons.